The van der Waals surface area contributed by atoms with Crippen molar-refractivity contribution in [2.45, 2.75) is 70.4 Å². The Balaban J connectivity index is 1.68. The van der Waals surface area contributed by atoms with Gasteiger partial charge in [0.1, 0.15) is 6.33 Å². The van der Waals surface area contributed by atoms with Gasteiger partial charge in [-0.15, -0.1) is 0 Å². The van der Waals surface area contributed by atoms with E-state index < -0.39 is 0 Å². The standard InChI is InChI=1S/C20H30N6O/c1-2-3-4-8-17(24-19(27)14-16-7-5-6-10-22-16)18-9-11-23-20(25-18)26-13-12-21-15-26/h9,11-13,15-17,22H,2-8,10,14H2,1H3,(H,24,27). The topological polar surface area (TPSA) is 84.7 Å². The molecular weight excluding hydrogens is 340 g/mol. The van der Waals surface area contributed by atoms with E-state index in [9.17, 15) is 4.79 Å². The number of nitrogens with zero attached hydrogens (tertiary/aromatic N) is 4. The average Bonchev–Trinajstić information content (AvgIpc) is 3.23. The number of piperidine rings is 1. The zero-order chi connectivity index (χ0) is 18.9. The smallest absolute Gasteiger partial charge is 0.235 e. The summed E-state index contributed by atoms with van der Waals surface area (Å²) in [6, 6.07) is 2.11. The number of hydrogen-bond acceptors (Lipinski definition) is 5. The molecule has 2 N–H and O–H groups in total. The number of hydrogen-bond donors (Lipinski definition) is 2. The van der Waals surface area contributed by atoms with Crippen LogP contribution in [0.5, 0.6) is 0 Å². The third-order valence-corrected chi connectivity index (χ3v) is 5.03. The minimum Gasteiger partial charge on any atom is -0.348 e. The Hall–Kier alpha value is -2.28. The Kier molecular flexibility index (Phi) is 7.33. The fraction of sp³-hybridized carbons (Fsp3) is 0.600. The Morgan fingerprint density at radius 3 is 3.04 bits per heavy atom. The monoisotopic (exact) mass is 370 g/mol. The van der Waals surface area contributed by atoms with Crippen LogP contribution in [0.25, 0.3) is 5.95 Å². The molecule has 0 aliphatic carbocycles. The van der Waals surface area contributed by atoms with Crippen LogP contribution in [0.1, 0.15) is 70.0 Å². The summed E-state index contributed by atoms with van der Waals surface area (Å²) in [4.78, 5) is 25.7. The minimum absolute atomic E-state index is 0.0853. The Bertz CT molecular complexity index is 696. The second-order valence-electron chi connectivity index (χ2n) is 7.22. The highest BCUT2D eigenvalue weighted by atomic mass is 16.1. The van der Waals surface area contributed by atoms with Crippen LogP contribution >= 0.6 is 0 Å². The summed E-state index contributed by atoms with van der Waals surface area (Å²) in [5, 5.41) is 6.66. The van der Waals surface area contributed by atoms with Gasteiger partial charge in [0.25, 0.3) is 0 Å². The largest absolute Gasteiger partial charge is 0.348 e. The molecule has 0 radical (unpaired) electrons. The molecule has 0 spiro atoms. The first-order valence-electron chi connectivity index (χ1n) is 10.1. The van der Waals surface area contributed by atoms with Crippen molar-refractivity contribution in [3.63, 3.8) is 0 Å². The lowest BCUT2D eigenvalue weighted by atomic mass is 10.0. The predicted molar refractivity (Wildman–Crippen MR) is 104 cm³/mol. The van der Waals surface area contributed by atoms with Crippen molar-refractivity contribution in [2.75, 3.05) is 6.54 Å². The first-order valence-corrected chi connectivity index (χ1v) is 10.1. The van der Waals surface area contributed by atoms with Crippen LogP contribution in [0.2, 0.25) is 0 Å². The van der Waals surface area contributed by atoms with Crippen LogP contribution in [-0.2, 0) is 4.79 Å². The molecule has 146 valence electrons. The summed E-state index contributed by atoms with van der Waals surface area (Å²) in [5.41, 5.74) is 0.856. The van der Waals surface area contributed by atoms with Crippen molar-refractivity contribution in [1.29, 1.82) is 0 Å². The number of carbonyl (C=O) groups excluding carboxylic acids is 1. The van der Waals surface area contributed by atoms with Gasteiger partial charge in [-0.25, -0.2) is 15.0 Å². The van der Waals surface area contributed by atoms with Gasteiger partial charge < -0.3 is 10.6 Å². The molecule has 1 amide bonds. The highest BCUT2D eigenvalue weighted by molar-refractivity contribution is 5.77. The van der Waals surface area contributed by atoms with Crippen LogP contribution in [-0.4, -0.2) is 38.0 Å². The van der Waals surface area contributed by atoms with Gasteiger partial charge in [-0.2, -0.15) is 0 Å². The van der Waals surface area contributed by atoms with Crippen molar-refractivity contribution in [3.05, 3.63) is 36.7 Å². The maximum absolute atomic E-state index is 12.6. The zero-order valence-corrected chi connectivity index (χ0v) is 16.1. The van der Waals surface area contributed by atoms with Crippen LogP contribution in [0.3, 0.4) is 0 Å². The SMILES string of the molecule is CCCCCC(NC(=O)CC1CCCCN1)c1ccnc(-n2ccnc2)n1. The van der Waals surface area contributed by atoms with E-state index in [4.69, 9.17) is 0 Å². The zero-order valence-electron chi connectivity index (χ0n) is 16.1. The average molecular weight is 371 g/mol. The van der Waals surface area contributed by atoms with E-state index in [1.54, 1.807) is 23.3 Å². The van der Waals surface area contributed by atoms with Crippen LogP contribution in [0.4, 0.5) is 0 Å². The number of unbranched alkanes of at least 4 members (excludes halogenated alkanes) is 2. The molecule has 2 atom stereocenters. The minimum atomic E-state index is -0.0853. The van der Waals surface area contributed by atoms with E-state index in [0.29, 0.717) is 18.4 Å². The van der Waals surface area contributed by atoms with Gasteiger partial charge in [0.15, 0.2) is 0 Å². The molecule has 7 nitrogen and oxygen atoms in total. The van der Waals surface area contributed by atoms with Crippen LogP contribution < -0.4 is 10.6 Å². The van der Waals surface area contributed by atoms with Gasteiger partial charge in [-0.05, 0) is 31.9 Å². The Morgan fingerprint density at radius 1 is 1.37 bits per heavy atom. The second-order valence-corrected chi connectivity index (χ2v) is 7.22. The van der Waals surface area contributed by atoms with Crippen molar-refractivity contribution in [1.82, 2.24) is 30.2 Å². The van der Waals surface area contributed by atoms with Crippen molar-refractivity contribution in [3.8, 4) is 5.95 Å². The lowest BCUT2D eigenvalue weighted by Crippen LogP contribution is -2.39. The van der Waals surface area contributed by atoms with E-state index in [1.165, 1.54) is 12.8 Å². The number of nitrogens with one attached hydrogen (secondary N) is 2. The highest BCUT2D eigenvalue weighted by Gasteiger charge is 2.21. The molecule has 0 aromatic carbocycles. The van der Waals surface area contributed by atoms with Gasteiger partial charge in [-0.1, -0.05) is 32.6 Å². The van der Waals surface area contributed by atoms with Crippen LogP contribution in [0.15, 0.2) is 31.0 Å². The fourth-order valence-electron chi connectivity index (χ4n) is 3.53. The number of imidazole rings is 1. The summed E-state index contributed by atoms with van der Waals surface area (Å²) in [6.07, 6.45) is 15.2. The third kappa shape index (κ3) is 5.85. The molecule has 1 fully saturated rings. The molecule has 2 aromatic rings. The summed E-state index contributed by atoms with van der Waals surface area (Å²) < 4.78 is 1.78. The lowest BCUT2D eigenvalue weighted by Gasteiger charge is -2.24. The summed E-state index contributed by atoms with van der Waals surface area (Å²) in [6.45, 7) is 3.20. The van der Waals surface area contributed by atoms with E-state index in [1.807, 2.05) is 12.3 Å². The third-order valence-electron chi connectivity index (χ3n) is 5.03. The molecule has 1 aliphatic heterocycles. The van der Waals surface area contributed by atoms with Crippen molar-refractivity contribution >= 4 is 5.91 Å². The Labute approximate surface area is 161 Å². The van der Waals surface area contributed by atoms with Crippen molar-refractivity contribution < 1.29 is 4.79 Å². The quantitative estimate of drug-likeness (QED) is 0.663. The fourth-order valence-corrected chi connectivity index (χ4v) is 3.53. The molecule has 2 aromatic heterocycles. The van der Waals surface area contributed by atoms with Gasteiger partial charge in [0.05, 0.1) is 11.7 Å². The lowest BCUT2D eigenvalue weighted by molar-refractivity contribution is -0.122. The molecule has 1 saturated heterocycles. The van der Waals surface area contributed by atoms with Gasteiger partial charge in [0.2, 0.25) is 11.9 Å². The normalized spacial score (nSPS) is 18.2. The molecule has 1 aliphatic rings. The molecule has 3 rings (SSSR count). The highest BCUT2D eigenvalue weighted by Crippen LogP contribution is 2.20. The Morgan fingerprint density at radius 2 is 2.30 bits per heavy atom. The second kappa shape index (κ2) is 10.2. The van der Waals surface area contributed by atoms with E-state index in [2.05, 4.69) is 32.5 Å². The first kappa shape index (κ1) is 19.5. The predicted octanol–water partition coefficient (Wildman–Crippen LogP) is 2.93. The molecule has 0 bridgehead atoms. The van der Waals surface area contributed by atoms with Crippen LogP contribution in [0, 0.1) is 0 Å². The molecule has 27 heavy (non-hydrogen) atoms. The van der Waals surface area contributed by atoms with Gasteiger partial charge in [-0.3, -0.25) is 9.36 Å². The molecular formula is C20H30N6O. The van der Waals surface area contributed by atoms with Gasteiger partial charge >= 0.3 is 0 Å². The maximum atomic E-state index is 12.6. The van der Waals surface area contributed by atoms with E-state index >= 15 is 0 Å². The molecule has 0 saturated carbocycles. The summed E-state index contributed by atoms with van der Waals surface area (Å²) in [5.74, 6) is 0.673. The summed E-state index contributed by atoms with van der Waals surface area (Å²) in [7, 11) is 0. The maximum Gasteiger partial charge on any atom is 0.235 e. The number of carbonyl (C=O) groups is 1. The van der Waals surface area contributed by atoms with Gasteiger partial charge in [0, 0.05) is 31.1 Å². The molecule has 2 unspecified atom stereocenters. The number of aromatic nitrogens is 4. The summed E-state index contributed by atoms with van der Waals surface area (Å²) >= 11 is 0. The molecule has 7 heteroatoms. The van der Waals surface area contributed by atoms with E-state index in [-0.39, 0.29) is 11.9 Å². The number of rotatable bonds is 9. The number of amides is 1. The molecule has 3 heterocycles. The van der Waals surface area contributed by atoms with Crippen molar-refractivity contribution in [2.24, 2.45) is 0 Å². The van der Waals surface area contributed by atoms with E-state index in [0.717, 1.165) is 44.3 Å². The first-order chi connectivity index (χ1) is 13.3.